The Bertz CT molecular complexity index is 540. The summed E-state index contributed by atoms with van der Waals surface area (Å²) >= 11 is 0. The first-order valence-corrected chi connectivity index (χ1v) is 5.27. The Morgan fingerprint density at radius 2 is 2.06 bits per heavy atom. The zero-order chi connectivity index (χ0) is 12.4. The van der Waals surface area contributed by atoms with Crippen molar-refractivity contribution >= 4 is 17.3 Å². The minimum Gasteiger partial charge on any atom is -0.397 e. The Balaban J connectivity index is 2.27. The van der Waals surface area contributed by atoms with Gasteiger partial charge in [-0.1, -0.05) is 12.1 Å². The van der Waals surface area contributed by atoms with Gasteiger partial charge in [-0.2, -0.15) is 5.10 Å². The van der Waals surface area contributed by atoms with Crippen molar-refractivity contribution in [3.63, 3.8) is 0 Å². The zero-order valence-corrected chi connectivity index (χ0v) is 9.74. The van der Waals surface area contributed by atoms with Crippen LogP contribution in [0.3, 0.4) is 0 Å². The summed E-state index contributed by atoms with van der Waals surface area (Å²) in [4.78, 5) is 12.0. The van der Waals surface area contributed by atoms with E-state index in [1.165, 1.54) is 0 Å². The molecule has 4 N–H and O–H groups in total. The fourth-order valence-electron chi connectivity index (χ4n) is 1.68. The maximum Gasteiger partial charge on any atom is 0.259 e. The highest BCUT2D eigenvalue weighted by molar-refractivity contribution is 6.07. The summed E-state index contributed by atoms with van der Waals surface area (Å²) in [7, 11) is 0. The number of rotatable bonds is 2. The number of hydrogen-bond acceptors (Lipinski definition) is 3. The second kappa shape index (κ2) is 4.29. The fraction of sp³-hybridized carbons (Fsp3) is 0.167. The van der Waals surface area contributed by atoms with E-state index in [1.54, 1.807) is 19.1 Å². The van der Waals surface area contributed by atoms with Crippen LogP contribution in [0.2, 0.25) is 0 Å². The first-order chi connectivity index (χ1) is 8.09. The van der Waals surface area contributed by atoms with Crippen molar-refractivity contribution in [2.24, 2.45) is 0 Å². The molecule has 2 aromatic rings. The summed E-state index contributed by atoms with van der Waals surface area (Å²) in [5, 5.41) is 9.53. The van der Waals surface area contributed by atoms with E-state index in [1.807, 2.05) is 19.1 Å². The van der Waals surface area contributed by atoms with E-state index in [0.29, 0.717) is 22.6 Å². The minimum atomic E-state index is -0.202. The summed E-state index contributed by atoms with van der Waals surface area (Å²) in [6, 6.07) is 7.14. The molecular formula is C12H14N4O. The largest absolute Gasteiger partial charge is 0.397 e. The number of aromatic amines is 1. The molecule has 1 aromatic heterocycles. The van der Waals surface area contributed by atoms with Crippen LogP contribution in [0.5, 0.6) is 0 Å². The van der Waals surface area contributed by atoms with Crippen molar-refractivity contribution in [1.82, 2.24) is 10.2 Å². The fourth-order valence-corrected chi connectivity index (χ4v) is 1.68. The van der Waals surface area contributed by atoms with Gasteiger partial charge >= 0.3 is 0 Å². The average Bonchev–Trinajstić information content (AvgIpc) is 2.62. The molecule has 1 amide bonds. The summed E-state index contributed by atoms with van der Waals surface area (Å²) in [6.07, 6.45) is 0. The molecule has 0 saturated carbocycles. The first kappa shape index (κ1) is 11.2. The molecular weight excluding hydrogens is 216 g/mol. The van der Waals surface area contributed by atoms with Crippen LogP contribution in [0.25, 0.3) is 0 Å². The number of carbonyl (C=O) groups excluding carboxylic acids is 1. The summed E-state index contributed by atoms with van der Waals surface area (Å²) in [5.74, 6) is -0.202. The standard InChI is InChI=1S/C12H14N4O/c1-7-11(8(2)16-15-7)12(17)14-10-6-4-3-5-9(10)13/h3-6H,13H2,1-2H3,(H,14,17)(H,15,16). The van der Waals surface area contributed by atoms with Gasteiger partial charge in [-0.3, -0.25) is 9.89 Å². The van der Waals surface area contributed by atoms with E-state index < -0.39 is 0 Å². The molecule has 0 unspecified atom stereocenters. The van der Waals surface area contributed by atoms with Crippen molar-refractivity contribution in [3.05, 3.63) is 41.2 Å². The molecule has 17 heavy (non-hydrogen) atoms. The number of aromatic nitrogens is 2. The lowest BCUT2D eigenvalue weighted by atomic mass is 10.2. The van der Waals surface area contributed by atoms with E-state index in [2.05, 4.69) is 15.5 Å². The number of nitrogens with zero attached hydrogens (tertiary/aromatic N) is 1. The van der Waals surface area contributed by atoms with E-state index in [0.717, 1.165) is 5.69 Å². The molecule has 2 rings (SSSR count). The summed E-state index contributed by atoms with van der Waals surface area (Å²) < 4.78 is 0. The van der Waals surface area contributed by atoms with Crippen LogP contribution in [0, 0.1) is 13.8 Å². The van der Waals surface area contributed by atoms with Gasteiger partial charge in [0.1, 0.15) is 0 Å². The Kier molecular flexibility index (Phi) is 2.82. The van der Waals surface area contributed by atoms with Gasteiger partial charge in [0, 0.05) is 5.69 Å². The van der Waals surface area contributed by atoms with Gasteiger partial charge in [-0.25, -0.2) is 0 Å². The van der Waals surface area contributed by atoms with Crippen LogP contribution in [0.4, 0.5) is 11.4 Å². The second-order valence-electron chi connectivity index (χ2n) is 3.85. The lowest BCUT2D eigenvalue weighted by Crippen LogP contribution is -2.14. The molecule has 0 aliphatic rings. The third kappa shape index (κ3) is 2.13. The summed E-state index contributed by atoms with van der Waals surface area (Å²) in [5.41, 5.74) is 8.89. The number of H-pyrrole nitrogens is 1. The van der Waals surface area contributed by atoms with E-state index in [4.69, 9.17) is 5.73 Å². The Labute approximate surface area is 99.0 Å². The van der Waals surface area contributed by atoms with Crippen molar-refractivity contribution < 1.29 is 4.79 Å². The molecule has 88 valence electrons. The maximum atomic E-state index is 12.0. The van der Waals surface area contributed by atoms with E-state index >= 15 is 0 Å². The minimum absolute atomic E-state index is 0.202. The number of para-hydroxylation sites is 2. The van der Waals surface area contributed by atoms with Crippen molar-refractivity contribution in [3.8, 4) is 0 Å². The molecule has 0 atom stereocenters. The van der Waals surface area contributed by atoms with E-state index in [-0.39, 0.29) is 5.91 Å². The monoisotopic (exact) mass is 230 g/mol. The molecule has 0 aliphatic heterocycles. The van der Waals surface area contributed by atoms with Crippen LogP contribution < -0.4 is 11.1 Å². The van der Waals surface area contributed by atoms with Gasteiger partial charge in [-0.15, -0.1) is 0 Å². The molecule has 0 fully saturated rings. The topological polar surface area (TPSA) is 83.8 Å². The van der Waals surface area contributed by atoms with Crippen LogP contribution in [-0.2, 0) is 0 Å². The van der Waals surface area contributed by atoms with Gasteiger partial charge in [-0.05, 0) is 26.0 Å². The molecule has 5 heteroatoms. The highest BCUT2D eigenvalue weighted by Gasteiger charge is 2.15. The predicted octanol–water partition coefficient (Wildman–Crippen LogP) is 1.86. The van der Waals surface area contributed by atoms with Crippen LogP contribution >= 0.6 is 0 Å². The molecule has 0 radical (unpaired) electrons. The Morgan fingerprint density at radius 3 is 2.65 bits per heavy atom. The quantitative estimate of drug-likeness (QED) is 0.688. The lowest BCUT2D eigenvalue weighted by Gasteiger charge is -2.07. The number of nitrogen functional groups attached to an aromatic ring is 1. The number of carbonyl (C=O) groups is 1. The van der Waals surface area contributed by atoms with Gasteiger partial charge < -0.3 is 11.1 Å². The first-order valence-electron chi connectivity index (χ1n) is 5.27. The average molecular weight is 230 g/mol. The van der Waals surface area contributed by atoms with Crippen molar-refractivity contribution in [2.45, 2.75) is 13.8 Å². The number of aryl methyl sites for hydroxylation is 2. The number of amides is 1. The smallest absolute Gasteiger partial charge is 0.259 e. The Morgan fingerprint density at radius 1 is 1.35 bits per heavy atom. The van der Waals surface area contributed by atoms with Crippen molar-refractivity contribution in [1.29, 1.82) is 0 Å². The molecule has 5 nitrogen and oxygen atoms in total. The van der Waals surface area contributed by atoms with Gasteiger partial charge in [0.2, 0.25) is 0 Å². The van der Waals surface area contributed by atoms with Crippen LogP contribution in [0.1, 0.15) is 21.7 Å². The van der Waals surface area contributed by atoms with E-state index in [9.17, 15) is 4.79 Å². The van der Waals surface area contributed by atoms with Gasteiger partial charge in [0.05, 0.1) is 22.6 Å². The number of benzene rings is 1. The molecule has 0 aliphatic carbocycles. The highest BCUT2D eigenvalue weighted by atomic mass is 16.1. The molecule has 0 bridgehead atoms. The zero-order valence-electron chi connectivity index (χ0n) is 9.74. The Hall–Kier alpha value is -2.30. The number of nitrogens with one attached hydrogen (secondary N) is 2. The van der Waals surface area contributed by atoms with Gasteiger partial charge in [0.25, 0.3) is 5.91 Å². The molecule has 0 saturated heterocycles. The maximum absolute atomic E-state index is 12.0. The van der Waals surface area contributed by atoms with Crippen LogP contribution in [0.15, 0.2) is 24.3 Å². The SMILES string of the molecule is Cc1n[nH]c(C)c1C(=O)Nc1ccccc1N. The third-order valence-electron chi connectivity index (χ3n) is 2.56. The lowest BCUT2D eigenvalue weighted by molar-refractivity contribution is 0.102. The number of nitrogens with two attached hydrogens (primary N) is 1. The highest BCUT2D eigenvalue weighted by Crippen LogP contribution is 2.19. The third-order valence-corrected chi connectivity index (χ3v) is 2.56. The summed E-state index contributed by atoms with van der Waals surface area (Å²) in [6.45, 7) is 3.59. The molecule has 0 spiro atoms. The van der Waals surface area contributed by atoms with Crippen LogP contribution in [-0.4, -0.2) is 16.1 Å². The molecule has 1 aromatic carbocycles. The second-order valence-corrected chi connectivity index (χ2v) is 3.85. The normalized spacial score (nSPS) is 10.2. The number of anilines is 2. The van der Waals surface area contributed by atoms with Crippen molar-refractivity contribution in [2.75, 3.05) is 11.1 Å². The number of hydrogen-bond donors (Lipinski definition) is 3. The molecule has 1 heterocycles. The predicted molar refractivity (Wildman–Crippen MR) is 66.9 cm³/mol. The van der Waals surface area contributed by atoms with Gasteiger partial charge in [0.15, 0.2) is 0 Å².